The van der Waals surface area contributed by atoms with Gasteiger partial charge in [0.05, 0.1) is 32.7 Å². The average Bonchev–Trinajstić information content (AvgIpc) is 3.63. The van der Waals surface area contributed by atoms with E-state index in [0.29, 0.717) is 11.1 Å². The van der Waals surface area contributed by atoms with Crippen LogP contribution < -0.4 is 15.1 Å². The van der Waals surface area contributed by atoms with Crippen molar-refractivity contribution in [1.82, 2.24) is 9.13 Å². The van der Waals surface area contributed by atoms with Crippen LogP contribution in [0.4, 0.5) is 0 Å². The fourth-order valence-corrected chi connectivity index (χ4v) is 9.73. The predicted octanol–water partition coefficient (Wildman–Crippen LogP) is 10.2. The van der Waals surface area contributed by atoms with Crippen molar-refractivity contribution >= 4 is 61.6 Å². The zero-order valence-electron chi connectivity index (χ0n) is 25.2. The van der Waals surface area contributed by atoms with Crippen LogP contribution in [0.15, 0.2) is 164 Å². The SMILES string of the molecule is O=P1(c2ccccc2)Oc2cc3c(cc2-c2cc4c5ccccc5n(-c5ccccc5)c4cc21)c1ccccc1n3-c1ccccc1. The van der Waals surface area contributed by atoms with Crippen LogP contribution in [-0.4, -0.2) is 9.13 Å². The highest BCUT2D eigenvalue weighted by Gasteiger charge is 2.39. The first-order valence-corrected chi connectivity index (χ1v) is 17.4. The van der Waals surface area contributed by atoms with Crippen molar-refractivity contribution in [3.63, 3.8) is 0 Å². The highest BCUT2D eigenvalue weighted by Crippen LogP contribution is 2.56. The Bertz CT molecular complexity index is 2730. The quantitative estimate of drug-likeness (QED) is 0.184. The lowest BCUT2D eigenvalue weighted by atomic mass is 9.99. The maximum atomic E-state index is 15.6. The molecular formula is C42H27N2O2P. The fraction of sp³-hybridized carbons (Fsp3) is 0. The minimum absolute atomic E-state index is 0.628. The third-order valence-electron chi connectivity index (χ3n) is 9.52. The summed E-state index contributed by atoms with van der Waals surface area (Å²) < 4.78 is 26.9. The van der Waals surface area contributed by atoms with E-state index in [9.17, 15) is 0 Å². The summed E-state index contributed by atoms with van der Waals surface area (Å²) in [6.07, 6.45) is 0. The molecule has 3 heterocycles. The van der Waals surface area contributed by atoms with Crippen molar-refractivity contribution in [2.24, 2.45) is 0 Å². The first-order valence-electron chi connectivity index (χ1n) is 15.8. The van der Waals surface area contributed by atoms with Crippen molar-refractivity contribution in [3.8, 4) is 28.3 Å². The van der Waals surface area contributed by atoms with Gasteiger partial charge in [0.25, 0.3) is 0 Å². The second-order valence-corrected chi connectivity index (χ2v) is 14.4. The van der Waals surface area contributed by atoms with Gasteiger partial charge < -0.3 is 13.7 Å². The van der Waals surface area contributed by atoms with Crippen molar-refractivity contribution in [2.75, 3.05) is 0 Å². The maximum absolute atomic E-state index is 15.6. The van der Waals surface area contributed by atoms with Crippen LogP contribution in [-0.2, 0) is 4.57 Å². The topological polar surface area (TPSA) is 36.2 Å². The molecule has 4 nitrogen and oxygen atoms in total. The highest BCUT2D eigenvalue weighted by atomic mass is 31.2. The molecule has 1 unspecified atom stereocenters. The van der Waals surface area contributed by atoms with Gasteiger partial charge in [0.15, 0.2) is 0 Å². The standard InChI is InChI=1S/C42H27N2O2P/c45-47(30-18-8-3-9-19-30)42-27-40-34(32-21-11-13-23-38(32)44(40)29-16-6-2-7-17-29)25-36(42)35-24-33-31-20-10-12-22-37(31)43(28-14-4-1-5-15-28)39(33)26-41(35)46-47/h1-27H. The van der Waals surface area contributed by atoms with Gasteiger partial charge in [-0.3, -0.25) is 4.57 Å². The molecule has 0 fully saturated rings. The van der Waals surface area contributed by atoms with E-state index in [4.69, 9.17) is 4.52 Å². The van der Waals surface area contributed by atoms with Crippen molar-refractivity contribution in [2.45, 2.75) is 0 Å². The molecule has 1 aliphatic heterocycles. The molecule has 1 atom stereocenters. The molecule has 0 bridgehead atoms. The van der Waals surface area contributed by atoms with Crippen LogP contribution in [0.5, 0.6) is 5.75 Å². The monoisotopic (exact) mass is 622 g/mol. The van der Waals surface area contributed by atoms with Gasteiger partial charge in [0, 0.05) is 50.1 Å². The van der Waals surface area contributed by atoms with Crippen LogP contribution >= 0.6 is 7.37 Å². The lowest BCUT2D eigenvalue weighted by molar-refractivity contribution is 0.502. The molecule has 0 N–H and O–H groups in total. The second-order valence-electron chi connectivity index (χ2n) is 12.1. The minimum atomic E-state index is -3.57. The summed E-state index contributed by atoms with van der Waals surface area (Å²) in [7, 11) is -3.57. The molecule has 222 valence electrons. The summed E-state index contributed by atoms with van der Waals surface area (Å²) in [6.45, 7) is 0. The lowest BCUT2D eigenvalue weighted by Crippen LogP contribution is -2.25. The molecule has 0 spiro atoms. The number of hydrogen-bond donors (Lipinski definition) is 0. The zero-order chi connectivity index (χ0) is 31.1. The van der Waals surface area contributed by atoms with Gasteiger partial charge in [-0.1, -0.05) is 91.0 Å². The van der Waals surface area contributed by atoms with Gasteiger partial charge in [-0.15, -0.1) is 0 Å². The van der Waals surface area contributed by atoms with Crippen molar-refractivity contribution < 1.29 is 9.09 Å². The Morgan fingerprint density at radius 2 is 0.894 bits per heavy atom. The van der Waals surface area contributed by atoms with Gasteiger partial charge >= 0.3 is 7.37 Å². The molecule has 2 aromatic heterocycles. The molecule has 10 rings (SSSR count). The van der Waals surface area contributed by atoms with Gasteiger partial charge in [-0.2, -0.15) is 0 Å². The Balaban J connectivity index is 1.35. The Hall–Kier alpha value is -5.83. The van der Waals surface area contributed by atoms with E-state index in [1.54, 1.807) is 0 Å². The number of para-hydroxylation sites is 4. The molecule has 7 aromatic carbocycles. The Labute approximate surface area is 271 Å². The first-order chi connectivity index (χ1) is 23.2. The van der Waals surface area contributed by atoms with Crippen LogP contribution in [0.25, 0.3) is 66.1 Å². The zero-order valence-corrected chi connectivity index (χ0v) is 26.1. The van der Waals surface area contributed by atoms with Crippen LogP contribution in [0.1, 0.15) is 0 Å². The van der Waals surface area contributed by atoms with Crippen LogP contribution in [0.3, 0.4) is 0 Å². The molecule has 0 radical (unpaired) electrons. The normalized spacial score (nSPS) is 15.6. The molecule has 1 aliphatic rings. The van der Waals surface area contributed by atoms with Gasteiger partial charge in [-0.25, -0.2) is 0 Å². The summed E-state index contributed by atoms with van der Waals surface area (Å²) >= 11 is 0. The van der Waals surface area contributed by atoms with E-state index in [2.05, 4.69) is 130 Å². The fourth-order valence-electron chi connectivity index (χ4n) is 7.46. The molecule has 5 heteroatoms. The number of nitrogens with zero attached hydrogens (tertiary/aromatic N) is 2. The van der Waals surface area contributed by atoms with E-state index in [1.807, 2.05) is 42.5 Å². The summed E-state index contributed by atoms with van der Waals surface area (Å²) in [5.41, 5.74) is 8.25. The largest absolute Gasteiger partial charge is 0.436 e. The Kier molecular flexibility index (Phi) is 5.52. The van der Waals surface area contributed by atoms with Gasteiger partial charge in [-0.05, 0) is 66.7 Å². The van der Waals surface area contributed by atoms with E-state index < -0.39 is 7.37 Å². The van der Waals surface area contributed by atoms with E-state index in [1.165, 1.54) is 0 Å². The highest BCUT2D eigenvalue weighted by molar-refractivity contribution is 7.75. The Morgan fingerprint density at radius 1 is 0.426 bits per heavy atom. The van der Waals surface area contributed by atoms with Crippen LogP contribution in [0, 0.1) is 0 Å². The van der Waals surface area contributed by atoms with E-state index in [0.717, 1.165) is 71.4 Å². The number of benzene rings is 7. The summed E-state index contributed by atoms with van der Waals surface area (Å²) in [6, 6.07) is 56.1. The summed E-state index contributed by atoms with van der Waals surface area (Å²) in [4.78, 5) is 0. The second kappa shape index (κ2) is 9.83. The van der Waals surface area contributed by atoms with Gasteiger partial charge in [0.2, 0.25) is 0 Å². The molecule has 0 aliphatic carbocycles. The predicted molar refractivity (Wildman–Crippen MR) is 195 cm³/mol. The molecule has 9 aromatic rings. The molecule has 0 saturated carbocycles. The van der Waals surface area contributed by atoms with E-state index >= 15 is 4.57 Å². The van der Waals surface area contributed by atoms with E-state index in [-0.39, 0.29) is 0 Å². The third-order valence-corrected chi connectivity index (χ3v) is 12.0. The average molecular weight is 623 g/mol. The molecule has 0 amide bonds. The molecule has 0 saturated heterocycles. The third kappa shape index (κ3) is 3.74. The number of aromatic nitrogens is 2. The first kappa shape index (κ1) is 26.4. The lowest BCUT2D eigenvalue weighted by Gasteiger charge is -2.29. The number of hydrogen-bond acceptors (Lipinski definition) is 2. The van der Waals surface area contributed by atoms with Crippen molar-refractivity contribution in [3.05, 3.63) is 164 Å². The minimum Gasteiger partial charge on any atom is -0.436 e. The Morgan fingerprint density at radius 3 is 1.47 bits per heavy atom. The summed E-state index contributed by atoms with van der Waals surface area (Å²) in [5, 5.41) is 5.95. The van der Waals surface area contributed by atoms with Crippen LogP contribution in [0.2, 0.25) is 0 Å². The smallest absolute Gasteiger partial charge is 0.307 e. The number of fused-ring (bicyclic) bond motifs is 9. The molecule has 47 heavy (non-hydrogen) atoms. The van der Waals surface area contributed by atoms with Gasteiger partial charge in [0.1, 0.15) is 5.75 Å². The number of rotatable bonds is 3. The molecular weight excluding hydrogens is 595 g/mol. The maximum Gasteiger partial charge on any atom is 0.307 e. The van der Waals surface area contributed by atoms with Crippen molar-refractivity contribution in [1.29, 1.82) is 0 Å². The summed E-state index contributed by atoms with van der Waals surface area (Å²) in [5.74, 6) is 0.628.